The van der Waals surface area contributed by atoms with E-state index in [1.54, 1.807) is 6.92 Å². The van der Waals surface area contributed by atoms with Crippen molar-refractivity contribution in [3.63, 3.8) is 0 Å². The van der Waals surface area contributed by atoms with Gasteiger partial charge in [0.2, 0.25) is 0 Å². The minimum Gasteiger partial charge on any atom is -0.481 e. The normalized spacial score (nSPS) is 18.3. The molecule has 0 saturated heterocycles. The molecule has 0 rings (SSSR count). The van der Waals surface area contributed by atoms with Gasteiger partial charge in [-0.15, -0.1) is 0 Å². The Morgan fingerprint density at radius 3 is 2.07 bits per heavy atom. The SMILES string of the molecule is CC(NCC(C)C(C)(C)C)C(C)C(=O)O. The fraction of sp³-hybridized carbons (Fsp3) is 0.917. The lowest BCUT2D eigenvalue weighted by atomic mass is 9.82. The Bertz CT molecular complexity index is 208. The second-order valence-electron chi connectivity index (χ2n) is 5.59. The molecule has 0 aromatic carbocycles. The fourth-order valence-electron chi connectivity index (χ4n) is 1.06. The van der Waals surface area contributed by atoms with E-state index < -0.39 is 5.97 Å². The van der Waals surface area contributed by atoms with E-state index in [0.29, 0.717) is 5.92 Å². The molecule has 90 valence electrons. The lowest BCUT2D eigenvalue weighted by Gasteiger charge is -2.29. The smallest absolute Gasteiger partial charge is 0.307 e. The van der Waals surface area contributed by atoms with Gasteiger partial charge in [0.25, 0.3) is 0 Å². The molecule has 0 amide bonds. The van der Waals surface area contributed by atoms with Gasteiger partial charge in [-0.25, -0.2) is 0 Å². The first-order valence-electron chi connectivity index (χ1n) is 5.62. The predicted molar refractivity (Wildman–Crippen MR) is 62.9 cm³/mol. The average Bonchev–Trinajstić information content (AvgIpc) is 2.10. The molecule has 0 aromatic rings. The summed E-state index contributed by atoms with van der Waals surface area (Å²) in [6, 6.07) is 0.0206. The lowest BCUT2D eigenvalue weighted by Crippen LogP contribution is -2.40. The Morgan fingerprint density at radius 1 is 1.27 bits per heavy atom. The van der Waals surface area contributed by atoms with Crippen LogP contribution in [0.15, 0.2) is 0 Å². The number of nitrogens with one attached hydrogen (secondary N) is 1. The molecule has 3 unspecified atom stereocenters. The van der Waals surface area contributed by atoms with Gasteiger partial charge < -0.3 is 10.4 Å². The van der Waals surface area contributed by atoms with E-state index in [0.717, 1.165) is 6.54 Å². The van der Waals surface area contributed by atoms with Crippen LogP contribution < -0.4 is 5.32 Å². The van der Waals surface area contributed by atoms with Crippen LogP contribution in [0.4, 0.5) is 0 Å². The van der Waals surface area contributed by atoms with Gasteiger partial charge in [-0.1, -0.05) is 34.6 Å². The van der Waals surface area contributed by atoms with E-state index >= 15 is 0 Å². The van der Waals surface area contributed by atoms with Gasteiger partial charge >= 0.3 is 5.97 Å². The molecule has 3 nitrogen and oxygen atoms in total. The first-order chi connectivity index (χ1) is 6.66. The first kappa shape index (κ1) is 14.4. The highest BCUT2D eigenvalue weighted by Gasteiger charge is 2.23. The van der Waals surface area contributed by atoms with Crippen molar-refractivity contribution in [3.05, 3.63) is 0 Å². The van der Waals surface area contributed by atoms with Crippen LogP contribution in [0.1, 0.15) is 41.5 Å². The Balaban J connectivity index is 4.01. The van der Waals surface area contributed by atoms with Crippen molar-refractivity contribution in [2.45, 2.75) is 47.6 Å². The molecule has 2 N–H and O–H groups in total. The molecular formula is C12H25NO2. The van der Waals surface area contributed by atoms with E-state index in [9.17, 15) is 4.79 Å². The van der Waals surface area contributed by atoms with Gasteiger partial charge in [0.1, 0.15) is 0 Å². The Morgan fingerprint density at radius 2 is 1.73 bits per heavy atom. The number of rotatable bonds is 5. The van der Waals surface area contributed by atoms with Gasteiger partial charge in [0.05, 0.1) is 5.92 Å². The van der Waals surface area contributed by atoms with Crippen LogP contribution in [0.5, 0.6) is 0 Å². The van der Waals surface area contributed by atoms with Crippen molar-refractivity contribution in [1.29, 1.82) is 0 Å². The van der Waals surface area contributed by atoms with Gasteiger partial charge in [-0.2, -0.15) is 0 Å². The van der Waals surface area contributed by atoms with Crippen molar-refractivity contribution in [1.82, 2.24) is 5.32 Å². The predicted octanol–water partition coefficient (Wildman–Crippen LogP) is 2.37. The number of aliphatic carboxylic acids is 1. The molecule has 0 spiro atoms. The molecular weight excluding hydrogens is 190 g/mol. The molecule has 0 aliphatic carbocycles. The van der Waals surface area contributed by atoms with Crippen LogP contribution in [0.2, 0.25) is 0 Å². The Labute approximate surface area is 93.3 Å². The van der Waals surface area contributed by atoms with Crippen molar-refractivity contribution < 1.29 is 9.90 Å². The molecule has 0 heterocycles. The van der Waals surface area contributed by atoms with Crippen molar-refractivity contribution in [2.24, 2.45) is 17.3 Å². The third kappa shape index (κ3) is 5.17. The summed E-state index contributed by atoms with van der Waals surface area (Å²) in [7, 11) is 0. The standard InChI is InChI=1S/C12H25NO2/c1-8(12(4,5)6)7-13-10(3)9(2)11(14)15/h8-10,13H,7H2,1-6H3,(H,14,15). The zero-order valence-electron chi connectivity index (χ0n) is 10.8. The van der Waals surface area contributed by atoms with E-state index in [1.807, 2.05) is 6.92 Å². The second-order valence-corrected chi connectivity index (χ2v) is 5.59. The summed E-state index contributed by atoms with van der Waals surface area (Å²) >= 11 is 0. The third-order valence-electron chi connectivity index (χ3n) is 3.36. The van der Waals surface area contributed by atoms with Crippen LogP contribution in [-0.2, 0) is 4.79 Å². The Hall–Kier alpha value is -0.570. The molecule has 3 atom stereocenters. The zero-order chi connectivity index (χ0) is 12.2. The van der Waals surface area contributed by atoms with E-state index in [2.05, 4.69) is 33.0 Å². The van der Waals surface area contributed by atoms with Gasteiger partial charge in [0.15, 0.2) is 0 Å². The lowest BCUT2D eigenvalue weighted by molar-refractivity contribution is -0.141. The zero-order valence-corrected chi connectivity index (χ0v) is 10.8. The first-order valence-corrected chi connectivity index (χ1v) is 5.62. The minimum absolute atomic E-state index is 0.0206. The average molecular weight is 215 g/mol. The summed E-state index contributed by atoms with van der Waals surface area (Å²) < 4.78 is 0. The number of hydrogen-bond acceptors (Lipinski definition) is 2. The molecule has 0 fully saturated rings. The molecule has 3 heteroatoms. The molecule has 0 radical (unpaired) electrons. The molecule has 0 aliphatic heterocycles. The van der Waals surface area contributed by atoms with Crippen LogP contribution >= 0.6 is 0 Å². The van der Waals surface area contributed by atoms with Gasteiger partial charge in [0, 0.05) is 6.04 Å². The summed E-state index contributed by atoms with van der Waals surface area (Å²) in [6.07, 6.45) is 0. The molecule has 0 aliphatic rings. The van der Waals surface area contributed by atoms with Crippen molar-refractivity contribution in [2.75, 3.05) is 6.54 Å². The third-order valence-corrected chi connectivity index (χ3v) is 3.36. The van der Waals surface area contributed by atoms with Crippen molar-refractivity contribution in [3.8, 4) is 0 Å². The quantitative estimate of drug-likeness (QED) is 0.740. The topological polar surface area (TPSA) is 49.3 Å². The van der Waals surface area contributed by atoms with Gasteiger partial charge in [-0.3, -0.25) is 4.79 Å². The largest absolute Gasteiger partial charge is 0.481 e. The van der Waals surface area contributed by atoms with Crippen LogP contribution in [0, 0.1) is 17.3 Å². The number of carboxylic acids is 1. The molecule has 0 bridgehead atoms. The second kappa shape index (κ2) is 5.50. The van der Waals surface area contributed by atoms with Crippen LogP contribution in [0.3, 0.4) is 0 Å². The highest BCUT2D eigenvalue weighted by Crippen LogP contribution is 2.24. The molecule has 0 aromatic heterocycles. The van der Waals surface area contributed by atoms with E-state index in [4.69, 9.17) is 5.11 Å². The van der Waals surface area contributed by atoms with E-state index in [1.165, 1.54) is 0 Å². The monoisotopic (exact) mass is 215 g/mol. The number of carbonyl (C=O) groups is 1. The maximum Gasteiger partial charge on any atom is 0.307 e. The minimum atomic E-state index is -0.738. The van der Waals surface area contributed by atoms with E-state index in [-0.39, 0.29) is 17.4 Å². The van der Waals surface area contributed by atoms with Crippen LogP contribution in [0.25, 0.3) is 0 Å². The summed E-state index contributed by atoms with van der Waals surface area (Å²) in [6.45, 7) is 13.3. The fourth-order valence-corrected chi connectivity index (χ4v) is 1.06. The maximum atomic E-state index is 10.7. The molecule has 0 saturated carbocycles. The maximum absolute atomic E-state index is 10.7. The summed E-state index contributed by atoms with van der Waals surface area (Å²) in [4.78, 5) is 10.7. The molecule has 15 heavy (non-hydrogen) atoms. The van der Waals surface area contributed by atoms with Gasteiger partial charge in [-0.05, 0) is 24.8 Å². The summed E-state index contributed by atoms with van der Waals surface area (Å²) in [5.41, 5.74) is 0.263. The number of hydrogen-bond donors (Lipinski definition) is 2. The highest BCUT2D eigenvalue weighted by atomic mass is 16.4. The van der Waals surface area contributed by atoms with Crippen molar-refractivity contribution >= 4 is 5.97 Å². The Kier molecular flexibility index (Phi) is 5.29. The summed E-state index contributed by atoms with van der Waals surface area (Å²) in [5, 5.41) is 12.1. The summed E-state index contributed by atoms with van der Waals surface area (Å²) in [5.74, 6) is -0.545. The highest BCUT2D eigenvalue weighted by molar-refractivity contribution is 5.70. The number of carboxylic acid groups (broad SMARTS) is 1. The van der Waals surface area contributed by atoms with Crippen LogP contribution in [-0.4, -0.2) is 23.7 Å².